The number of carbonyl (C=O) groups excluding carboxylic acids is 1. The van der Waals surface area contributed by atoms with Gasteiger partial charge in [-0.15, -0.1) is 0 Å². The molecule has 3 aromatic rings. The minimum Gasteiger partial charge on any atom is -0.496 e. The molecule has 0 unspecified atom stereocenters. The second-order valence-corrected chi connectivity index (χ2v) is 6.46. The predicted octanol–water partition coefficient (Wildman–Crippen LogP) is 4.22. The number of rotatable bonds is 6. The maximum absolute atomic E-state index is 12.6. The second-order valence-electron chi connectivity index (χ2n) is 6.03. The molecule has 0 spiro atoms. The first-order chi connectivity index (χ1) is 13.0. The Labute approximate surface area is 162 Å². The van der Waals surface area contributed by atoms with Crippen LogP contribution in [0, 0.1) is 6.92 Å². The zero-order valence-electron chi connectivity index (χ0n) is 15.3. The third kappa shape index (κ3) is 4.60. The Morgan fingerprint density at radius 2 is 1.96 bits per heavy atom. The van der Waals surface area contributed by atoms with Gasteiger partial charge in [0.2, 0.25) is 0 Å². The topological polar surface area (TPSA) is 65.4 Å². The van der Waals surface area contributed by atoms with E-state index in [-0.39, 0.29) is 12.5 Å². The van der Waals surface area contributed by atoms with Crippen molar-refractivity contribution in [2.45, 2.75) is 13.5 Å². The molecule has 0 aliphatic heterocycles. The van der Waals surface area contributed by atoms with Crippen molar-refractivity contribution in [2.24, 2.45) is 7.05 Å². The number of hydrogen-bond donors (Lipinski definition) is 1. The predicted molar refractivity (Wildman–Crippen MR) is 105 cm³/mol. The summed E-state index contributed by atoms with van der Waals surface area (Å²) in [4.78, 5) is 12.6. The molecular weight excluding hydrogens is 366 g/mol. The molecule has 27 heavy (non-hydrogen) atoms. The van der Waals surface area contributed by atoms with Gasteiger partial charge >= 0.3 is 0 Å². The monoisotopic (exact) mass is 385 g/mol. The van der Waals surface area contributed by atoms with Crippen molar-refractivity contribution in [2.75, 3.05) is 12.4 Å². The fourth-order valence-electron chi connectivity index (χ4n) is 2.64. The van der Waals surface area contributed by atoms with Crippen molar-refractivity contribution in [3.8, 4) is 11.5 Å². The van der Waals surface area contributed by atoms with Gasteiger partial charge < -0.3 is 14.8 Å². The Hall–Kier alpha value is -2.99. The standard InChI is InChI=1S/C20H20ClN3O3/c1-13-18(11-24(2)23-13)22-20(25)14-4-9-19(26-3)15(10-14)12-27-17-7-5-16(21)6-8-17/h4-11H,12H2,1-3H3,(H,22,25). The van der Waals surface area contributed by atoms with Gasteiger partial charge in [0, 0.05) is 29.4 Å². The van der Waals surface area contributed by atoms with Crippen LogP contribution in [0.3, 0.4) is 0 Å². The first-order valence-electron chi connectivity index (χ1n) is 8.33. The van der Waals surface area contributed by atoms with Gasteiger partial charge in [0.25, 0.3) is 5.91 Å². The highest BCUT2D eigenvalue weighted by atomic mass is 35.5. The summed E-state index contributed by atoms with van der Waals surface area (Å²) in [7, 11) is 3.39. The Morgan fingerprint density at radius 3 is 2.59 bits per heavy atom. The van der Waals surface area contributed by atoms with Crippen molar-refractivity contribution in [3.05, 3.63) is 70.5 Å². The van der Waals surface area contributed by atoms with Gasteiger partial charge in [0.05, 0.1) is 18.5 Å². The maximum Gasteiger partial charge on any atom is 0.255 e. The summed E-state index contributed by atoms with van der Waals surface area (Å²) < 4.78 is 12.8. The molecule has 0 fully saturated rings. The number of amides is 1. The van der Waals surface area contributed by atoms with E-state index < -0.39 is 0 Å². The third-order valence-corrected chi connectivity index (χ3v) is 4.26. The number of hydrogen-bond acceptors (Lipinski definition) is 4. The van der Waals surface area contributed by atoms with Crippen LogP contribution in [-0.2, 0) is 13.7 Å². The number of nitrogens with zero attached hydrogens (tertiary/aromatic N) is 2. The molecule has 0 aliphatic carbocycles. The van der Waals surface area contributed by atoms with Crippen LogP contribution < -0.4 is 14.8 Å². The number of aromatic nitrogens is 2. The summed E-state index contributed by atoms with van der Waals surface area (Å²) in [6.07, 6.45) is 1.77. The summed E-state index contributed by atoms with van der Waals surface area (Å²) in [5.41, 5.74) is 2.71. The number of aryl methyl sites for hydroxylation is 2. The highest BCUT2D eigenvalue weighted by Gasteiger charge is 2.13. The number of carbonyl (C=O) groups is 1. The Kier molecular flexibility index (Phi) is 5.66. The van der Waals surface area contributed by atoms with Crippen molar-refractivity contribution >= 4 is 23.2 Å². The summed E-state index contributed by atoms with van der Waals surface area (Å²) in [5, 5.41) is 7.74. The number of ether oxygens (including phenoxy) is 2. The van der Waals surface area contributed by atoms with E-state index in [9.17, 15) is 4.79 Å². The number of halogens is 1. The normalized spacial score (nSPS) is 10.5. The van der Waals surface area contributed by atoms with E-state index in [1.54, 1.807) is 60.5 Å². The number of nitrogens with one attached hydrogen (secondary N) is 1. The first-order valence-corrected chi connectivity index (χ1v) is 8.71. The lowest BCUT2D eigenvalue weighted by Gasteiger charge is -2.12. The molecule has 0 saturated heterocycles. The van der Waals surface area contributed by atoms with Gasteiger partial charge in [0.1, 0.15) is 18.1 Å². The summed E-state index contributed by atoms with van der Waals surface area (Å²) in [6, 6.07) is 12.3. The van der Waals surface area contributed by atoms with Crippen LogP contribution in [0.25, 0.3) is 0 Å². The van der Waals surface area contributed by atoms with E-state index in [0.717, 1.165) is 11.3 Å². The largest absolute Gasteiger partial charge is 0.496 e. The molecule has 7 heteroatoms. The lowest BCUT2D eigenvalue weighted by Crippen LogP contribution is -2.13. The van der Waals surface area contributed by atoms with Crippen LogP contribution in [0.2, 0.25) is 5.02 Å². The smallest absolute Gasteiger partial charge is 0.255 e. The van der Waals surface area contributed by atoms with Crippen LogP contribution >= 0.6 is 11.6 Å². The van der Waals surface area contributed by atoms with E-state index in [0.29, 0.717) is 27.8 Å². The molecule has 0 radical (unpaired) electrons. The molecule has 6 nitrogen and oxygen atoms in total. The summed E-state index contributed by atoms with van der Waals surface area (Å²) >= 11 is 5.89. The molecule has 2 aromatic carbocycles. The lowest BCUT2D eigenvalue weighted by atomic mass is 10.1. The van der Waals surface area contributed by atoms with E-state index >= 15 is 0 Å². The van der Waals surface area contributed by atoms with Gasteiger partial charge in [-0.25, -0.2) is 0 Å². The lowest BCUT2D eigenvalue weighted by molar-refractivity contribution is 0.102. The van der Waals surface area contributed by atoms with Gasteiger partial charge in [-0.2, -0.15) is 5.10 Å². The average molecular weight is 386 g/mol. The number of benzene rings is 2. The molecule has 0 saturated carbocycles. The Balaban J connectivity index is 1.76. The third-order valence-electron chi connectivity index (χ3n) is 4.01. The average Bonchev–Trinajstić information content (AvgIpc) is 2.97. The summed E-state index contributed by atoms with van der Waals surface area (Å²) in [6.45, 7) is 2.10. The number of methoxy groups -OCH3 is 1. The van der Waals surface area contributed by atoms with Crippen LogP contribution in [-0.4, -0.2) is 22.8 Å². The zero-order chi connectivity index (χ0) is 19.4. The van der Waals surface area contributed by atoms with Crippen molar-refractivity contribution in [3.63, 3.8) is 0 Å². The molecule has 3 rings (SSSR count). The van der Waals surface area contributed by atoms with Crippen LogP contribution in [0.5, 0.6) is 11.5 Å². The molecule has 0 bridgehead atoms. The fraction of sp³-hybridized carbons (Fsp3) is 0.200. The minimum absolute atomic E-state index is 0.221. The van der Waals surface area contributed by atoms with Crippen molar-refractivity contribution in [1.29, 1.82) is 0 Å². The fourth-order valence-corrected chi connectivity index (χ4v) is 2.77. The highest BCUT2D eigenvalue weighted by molar-refractivity contribution is 6.30. The summed E-state index contributed by atoms with van der Waals surface area (Å²) in [5.74, 6) is 1.11. The van der Waals surface area contributed by atoms with Crippen LogP contribution in [0.15, 0.2) is 48.7 Å². The molecular formula is C20H20ClN3O3. The second kappa shape index (κ2) is 8.14. The zero-order valence-corrected chi connectivity index (χ0v) is 16.1. The Morgan fingerprint density at radius 1 is 1.22 bits per heavy atom. The van der Waals surface area contributed by atoms with Gasteiger partial charge in [-0.1, -0.05) is 11.6 Å². The highest BCUT2D eigenvalue weighted by Crippen LogP contribution is 2.24. The quantitative estimate of drug-likeness (QED) is 0.689. The van der Waals surface area contributed by atoms with Gasteiger partial charge in [0.15, 0.2) is 0 Å². The van der Waals surface area contributed by atoms with Gasteiger partial charge in [-0.05, 0) is 49.4 Å². The van der Waals surface area contributed by atoms with E-state index in [2.05, 4.69) is 10.4 Å². The molecule has 140 valence electrons. The number of anilines is 1. The van der Waals surface area contributed by atoms with Crippen LogP contribution in [0.4, 0.5) is 5.69 Å². The maximum atomic E-state index is 12.6. The van der Waals surface area contributed by atoms with Crippen molar-refractivity contribution < 1.29 is 14.3 Å². The molecule has 1 N–H and O–H groups in total. The molecule has 0 aliphatic rings. The van der Waals surface area contributed by atoms with Crippen molar-refractivity contribution in [1.82, 2.24) is 9.78 Å². The molecule has 0 atom stereocenters. The SMILES string of the molecule is COc1ccc(C(=O)Nc2cn(C)nc2C)cc1COc1ccc(Cl)cc1. The van der Waals surface area contributed by atoms with Crippen LogP contribution in [0.1, 0.15) is 21.6 Å². The molecule has 1 heterocycles. The Bertz CT molecular complexity index is 952. The van der Waals surface area contributed by atoms with E-state index in [1.807, 2.05) is 14.0 Å². The minimum atomic E-state index is -0.221. The molecule has 1 aromatic heterocycles. The molecule has 1 amide bonds. The van der Waals surface area contributed by atoms with E-state index in [4.69, 9.17) is 21.1 Å². The van der Waals surface area contributed by atoms with E-state index in [1.165, 1.54) is 0 Å². The van der Waals surface area contributed by atoms with Gasteiger partial charge in [-0.3, -0.25) is 9.48 Å². The first kappa shape index (κ1) is 18.8.